The van der Waals surface area contributed by atoms with Crippen molar-refractivity contribution in [3.8, 4) is 0 Å². The normalized spacial score (nSPS) is 16.4. The van der Waals surface area contributed by atoms with E-state index in [0.29, 0.717) is 35.7 Å². The summed E-state index contributed by atoms with van der Waals surface area (Å²) >= 11 is 3.61. The number of nitrogens with two attached hydrogens (primary N) is 2. The Morgan fingerprint density at radius 3 is 2.90 bits per heavy atom. The van der Waals surface area contributed by atoms with E-state index in [0.717, 1.165) is 26.0 Å². The van der Waals surface area contributed by atoms with Gasteiger partial charge < -0.3 is 10.3 Å². The number of alkyl halides is 1. The number of rotatable bonds is 6. The molecule has 4 N–H and O–H groups in total. The Kier molecular flexibility index (Phi) is 5.70. The van der Waals surface area contributed by atoms with E-state index in [1.165, 1.54) is 18.1 Å². The summed E-state index contributed by atoms with van der Waals surface area (Å²) in [5.74, 6) is 0.0894. The summed E-state index contributed by atoms with van der Waals surface area (Å²) in [6.07, 6.45) is 1.95. The van der Waals surface area contributed by atoms with Crippen molar-refractivity contribution >= 4 is 61.4 Å². The summed E-state index contributed by atoms with van der Waals surface area (Å²) in [6.45, 7) is 0.346. The van der Waals surface area contributed by atoms with Gasteiger partial charge in [0.1, 0.15) is 12.5 Å². The number of benzene rings is 1. The highest BCUT2D eigenvalue weighted by molar-refractivity contribution is 14.1. The van der Waals surface area contributed by atoms with Gasteiger partial charge in [0.15, 0.2) is 22.1 Å². The van der Waals surface area contributed by atoms with Crippen LogP contribution in [-0.2, 0) is 23.0 Å². The minimum atomic E-state index is -3.57. The number of imidazole rings is 1. The van der Waals surface area contributed by atoms with Gasteiger partial charge in [-0.1, -0.05) is 11.8 Å². The monoisotopic (exact) mass is 548 g/mol. The minimum absolute atomic E-state index is 0.155. The van der Waals surface area contributed by atoms with Gasteiger partial charge in [0.2, 0.25) is 10.0 Å². The van der Waals surface area contributed by atoms with Crippen LogP contribution >= 0.6 is 34.4 Å². The Labute approximate surface area is 184 Å². The largest absolute Gasteiger partial charge is 0.382 e. The number of sulfonamides is 1. The quantitative estimate of drug-likeness (QED) is 0.453. The van der Waals surface area contributed by atoms with Crippen molar-refractivity contribution in [3.63, 3.8) is 0 Å². The van der Waals surface area contributed by atoms with Crippen LogP contribution in [0.5, 0.6) is 0 Å². The molecule has 1 unspecified atom stereocenters. The summed E-state index contributed by atoms with van der Waals surface area (Å²) in [4.78, 5) is 13.7. The number of nitrogen functional groups attached to an aromatic ring is 1. The van der Waals surface area contributed by atoms with Crippen molar-refractivity contribution in [2.45, 2.75) is 42.0 Å². The molecule has 1 aromatic carbocycles. The molecule has 0 spiro atoms. The number of halogens is 2. The Morgan fingerprint density at radius 2 is 2.14 bits per heavy atom. The van der Waals surface area contributed by atoms with Crippen molar-refractivity contribution in [2.24, 2.45) is 5.14 Å². The summed E-state index contributed by atoms with van der Waals surface area (Å²) in [6, 6.07) is 3.89. The van der Waals surface area contributed by atoms with E-state index in [9.17, 15) is 12.8 Å². The molecule has 8 nitrogen and oxygen atoms in total. The second-order valence-electron chi connectivity index (χ2n) is 6.79. The smallest absolute Gasteiger partial charge is 0.209 e. The number of hydrogen-bond acceptors (Lipinski definition) is 7. The lowest BCUT2D eigenvalue weighted by atomic mass is 10.1. The molecule has 2 heterocycles. The fourth-order valence-electron chi connectivity index (χ4n) is 3.37. The molecule has 154 valence electrons. The predicted octanol–water partition coefficient (Wildman–Crippen LogP) is 2.80. The molecule has 12 heteroatoms. The summed E-state index contributed by atoms with van der Waals surface area (Å²) in [5.41, 5.74) is 8.69. The standard InChI is InChI=1S/C17H18FIN6O2S2/c18-11-3-2-9-6-12(19)13(7-10(9)11)28-17-24-14-15(20)22-8-23-16(14)25(17)4-1-5-29(21,26)27/h6-8,11H,1-5H2,(H2,20,22,23)(H2,21,26,27). The van der Waals surface area contributed by atoms with Crippen LogP contribution in [0.15, 0.2) is 28.5 Å². The molecular weight excluding hydrogens is 530 g/mol. The summed E-state index contributed by atoms with van der Waals surface area (Å²) < 4.78 is 39.6. The van der Waals surface area contributed by atoms with E-state index >= 15 is 0 Å². The number of aryl methyl sites for hydroxylation is 2. The third-order valence-electron chi connectivity index (χ3n) is 4.74. The van der Waals surface area contributed by atoms with E-state index < -0.39 is 16.2 Å². The third-order valence-corrected chi connectivity index (χ3v) is 7.90. The highest BCUT2D eigenvalue weighted by Gasteiger charge is 2.25. The van der Waals surface area contributed by atoms with Gasteiger partial charge in [-0.3, -0.25) is 0 Å². The SMILES string of the molecule is Nc1ncnc2c1nc(Sc1cc3c(cc1I)CCC3F)n2CCCS(N)(=O)=O. The number of primary sulfonamides is 1. The Morgan fingerprint density at radius 1 is 1.34 bits per heavy atom. The van der Waals surface area contributed by atoms with Gasteiger partial charge in [-0.2, -0.15) is 0 Å². The lowest BCUT2D eigenvalue weighted by Crippen LogP contribution is -2.18. The number of fused-ring (bicyclic) bond motifs is 2. The van der Waals surface area contributed by atoms with Crippen LogP contribution in [-0.4, -0.2) is 33.7 Å². The highest BCUT2D eigenvalue weighted by Crippen LogP contribution is 2.41. The summed E-state index contributed by atoms with van der Waals surface area (Å²) in [7, 11) is -3.57. The van der Waals surface area contributed by atoms with Crippen molar-refractivity contribution in [2.75, 3.05) is 11.5 Å². The van der Waals surface area contributed by atoms with Gasteiger partial charge in [-0.25, -0.2) is 32.9 Å². The molecule has 0 amide bonds. The van der Waals surface area contributed by atoms with Crippen LogP contribution in [0.1, 0.15) is 30.1 Å². The third kappa shape index (κ3) is 4.34. The van der Waals surface area contributed by atoms with Gasteiger partial charge in [-0.05, 0) is 65.1 Å². The zero-order chi connectivity index (χ0) is 20.8. The molecule has 0 aliphatic heterocycles. The Balaban J connectivity index is 1.72. The number of hydrogen-bond donors (Lipinski definition) is 2. The number of aromatic nitrogens is 4. The first-order valence-corrected chi connectivity index (χ1v) is 12.5. The van der Waals surface area contributed by atoms with E-state index in [2.05, 4.69) is 37.5 Å². The topological polar surface area (TPSA) is 130 Å². The van der Waals surface area contributed by atoms with Crippen LogP contribution in [0.4, 0.5) is 10.2 Å². The molecule has 0 fully saturated rings. The molecule has 0 radical (unpaired) electrons. The molecule has 0 bridgehead atoms. The van der Waals surface area contributed by atoms with Gasteiger partial charge in [0, 0.05) is 15.0 Å². The first kappa shape index (κ1) is 20.8. The Bertz CT molecular complexity index is 1200. The molecular formula is C17H18FIN6O2S2. The first-order chi connectivity index (χ1) is 13.7. The molecule has 1 aliphatic carbocycles. The van der Waals surface area contributed by atoms with Crippen LogP contribution in [0.2, 0.25) is 0 Å². The van der Waals surface area contributed by atoms with E-state index in [1.807, 2.05) is 12.1 Å². The fourth-order valence-corrected chi connectivity index (χ4v) is 5.73. The van der Waals surface area contributed by atoms with E-state index in [1.54, 1.807) is 4.57 Å². The molecule has 1 atom stereocenters. The highest BCUT2D eigenvalue weighted by atomic mass is 127. The van der Waals surface area contributed by atoms with Gasteiger partial charge in [-0.15, -0.1) is 0 Å². The maximum Gasteiger partial charge on any atom is 0.209 e. The second kappa shape index (κ2) is 7.96. The predicted molar refractivity (Wildman–Crippen MR) is 118 cm³/mol. The van der Waals surface area contributed by atoms with Gasteiger partial charge in [0.25, 0.3) is 0 Å². The molecule has 0 saturated heterocycles. The summed E-state index contributed by atoms with van der Waals surface area (Å²) in [5, 5.41) is 5.71. The average molecular weight is 548 g/mol. The maximum absolute atomic E-state index is 14.2. The van der Waals surface area contributed by atoms with Crippen molar-refractivity contribution < 1.29 is 12.8 Å². The average Bonchev–Trinajstić information content (AvgIpc) is 3.17. The van der Waals surface area contributed by atoms with Gasteiger partial charge in [0.05, 0.1) is 5.75 Å². The molecule has 3 aromatic rings. The fraction of sp³-hybridized carbons (Fsp3) is 0.353. The molecule has 1 aliphatic rings. The van der Waals surface area contributed by atoms with E-state index in [-0.39, 0.29) is 11.6 Å². The number of nitrogens with zero attached hydrogens (tertiary/aromatic N) is 4. The van der Waals surface area contributed by atoms with Crippen LogP contribution in [0, 0.1) is 3.57 Å². The minimum Gasteiger partial charge on any atom is -0.382 e. The lowest BCUT2D eigenvalue weighted by molar-refractivity contribution is 0.343. The molecule has 4 rings (SSSR count). The van der Waals surface area contributed by atoms with Crippen molar-refractivity contribution in [1.82, 2.24) is 19.5 Å². The second-order valence-corrected chi connectivity index (χ2v) is 10.7. The zero-order valence-electron chi connectivity index (χ0n) is 15.2. The first-order valence-electron chi connectivity index (χ1n) is 8.84. The van der Waals surface area contributed by atoms with Crippen molar-refractivity contribution in [3.05, 3.63) is 33.2 Å². The molecule has 0 saturated carbocycles. The van der Waals surface area contributed by atoms with Crippen molar-refractivity contribution in [1.29, 1.82) is 0 Å². The van der Waals surface area contributed by atoms with Crippen LogP contribution in [0.25, 0.3) is 11.2 Å². The molecule has 29 heavy (non-hydrogen) atoms. The van der Waals surface area contributed by atoms with Gasteiger partial charge >= 0.3 is 0 Å². The maximum atomic E-state index is 14.2. The zero-order valence-corrected chi connectivity index (χ0v) is 19.0. The van der Waals surface area contributed by atoms with E-state index in [4.69, 9.17) is 10.9 Å². The van der Waals surface area contributed by atoms with Crippen LogP contribution < -0.4 is 10.9 Å². The Hall–Kier alpha value is -1.51. The lowest BCUT2D eigenvalue weighted by Gasteiger charge is -2.11. The van der Waals surface area contributed by atoms with Crippen LogP contribution in [0.3, 0.4) is 0 Å². The number of anilines is 1. The molecule has 2 aromatic heterocycles.